The third-order valence-corrected chi connectivity index (χ3v) is 9.91. The third kappa shape index (κ3) is 17.4. The van der Waals surface area contributed by atoms with Crippen LogP contribution in [-0.2, 0) is 43.0 Å². The van der Waals surface area contributed by atoms with Crippen molar-refractivity contribution in [1.82, 2.24) is 0 Å². The first-order valence-corrected chi connectivity index (χ1v) is 16.2. The zero-order valence-electron chi connectivity index (χ0n) is 24.0. The summed E-state index contributed by atoms with van der Waals surface area (Å²) in [6, 6.07) is 0. The number of ketones is 2. The molecule has 0 radical (unpaired) electrons. The van der Waals surface area contributed by atoms with Gasteiger partial charge in [-0.2, -0.15) is 23.5 Å². The van der Waals surface area contributed by atoms with Crippen molar-refractivity contribution in [3.63, 3.8) is 0 Å². The topological polar surface area (TPSA) is 171 Å². The second-order valence-corrected chi connectivity index (χ2v) is 12.5. The van der Waals surface area contributed by atoms with Gasteiger partial charge in [0.15, 0.2) is 0 Å². The molecule has 0 aliphatic heterocycles. The number of esters is 2. The molecule has 0 saturated heterocycles. The van der Waals surface area contributed by atoms with E-state index in [0.717, 1.165) is 12.8 Å². The molecule has 2 N–H and O–H groups in total. The van der Waals surface area contributed by atoms with Crippen molar-refractivity contribution in [1.29, 1.82) is 0 Å². The van der Waals surface area contributed by atoms with Crippen LogP contribution >= 0.6 is 23.5 Å². The van der Waals surface area contributed by atoms with Crippen molar-refractivity contribution >= 4 is 59.0 Å². The molecule has 13 heteroatoms. The molecule has 11 nitrogen and oxygen atoms in total. The predicted molar refractivity (Wildman–Crippen MR) is 155 cm³/mol. The molecular formula is C28H44O11S2. The van der Waals surface area contributed by atoms with E-state index in [1.165, 1.54) is 18.7 Å². The minimum atomic E-state index is -1.04. The van der Waals surface area contributed by atoms with Gasteiger partial charge >= 0.3 is 23.9 Å². The van der Waals surface area contributed by atoms with Gasteiger partial charge in [0.2, 0.25) is 0 Å². The summed E-state index contributed by atoms with van der Waals surface area (Å²) in [6.07, 6.45) is 3.65. The lowest BCUT2D eigenvalue weighted by Gasteiger charge is -2.36. The smallest absolute Gasteiger partial charge is 0.307 e. The SMILES string of the molecule is CCC(CSC1CCC1SCC(CC(=O)CCC(=O)OCCOCCCCOC(=O)CCC(C)=O)C(=O)O)C(=O)O. The maximum Gasteiger partial charge on any atom is 0.307 e. The van der Waals surface area contributed by atoms with Crippen LogP contribution in [0.3, 0.4) is 0 Å². The largest absolute Gasteiger partial charge is 0.481 e. The van der Waals surface area contributed by atoms with Gasteiger partial charge in [0, 0.05) is 47.9 Å². The molecule has 0 aromatic rings. The number of rotatable bonds is 25. The normalized spacial score (nSPS) is 17.6. The minimum Gasteiger partial charge on any atom is -0.481 e. The van der Waals surface area contributed by atoms with Crippen LogP contribution in [0, 0.1) is 11.8 Å². The molecule has 0 bridgehead atoms. The molecule has 0 amide bonds. The van der Waals surface area contributed by atoms with Crippen LogP contribution < -0.4 is 0 Å². The Morgan fingerprint density at radius 1 is 0.732 bits per heavy atom. The van der Waals surface area contributed by atoms with E-state index >= 15 is 0 Å². The van der Waals surface area contributed by atoms with Crippen LogP contribution in [0.15, 0.2) is 0 Å². The Kier molecular flexibility index (Phi) is 19.4. The maximum absolute atomic E-state index is 12.3. The van der Waals surface area contributed by atoms with Gasteiger partial charge in [-0.15, -0.1) is 0 Å². The number of hydrogen-bond acceptors (Lipinski definition) is 11. The van der Waals surface area contributed by atoms with Crippen molar-refractivity contribution in [2.45, 2.75) is 88.6 Å². The molecule has 0 aromatic carbocycles. The molecule has 1 rings (SSSR count). The molecule has 234 valence electrons. The predicted octanol–water partition coefficient (Wildman–Crippen LogP) is 3.79. The molecule has 1 aliphatic carbocycles. The lowest BCUT2D eigenvalue weighted by Crippen LogP contribution is -2.34. The Balaban J connectivity index is 2.13. The van der Waals surface area contributed by atoms with Crippen LogP contribution in [0.25, 0.3) is 0 Å². The van der Waals surface area contributed by atoms with Gasteiger partial charge in [0.25, 0.3) is 0 Å². The molecule has 4 atom stereocenters. The number of aliphatic carboxylic acids is 2. The fourth-order valence-corrected chi connectivity index (χ4v) is 7.11. The maximum atomic E-state index is 12.3. The molecule has 4 unspecified atom stereocenters. The number of hydrogen-bond donors (Lipinski definition) is 2. The average Bonchev–Trinajstić information content (AvgIpc) is 2.90. The number of carbonyl (C=O) groups is 6. The standard InChI is InChI=1S/C28H44O11S2/c1-3-20(27(33)34)17-40-23-8-9-24(23)41-18-21(28(35)36)16-22(30)7-11-26(32)39-15-14-37-12-4-5-13-38-25(31)10-6-19(2)29/h20-21,23-24H,3-18H2,1-2H3,(H,33,34)(H,35,36). The second kappa shape index (κ2) is 21.6. The van der Waals surface area contributed by atoms with Crippen LogP contribution in [0.2, 0.25) is 0 Å². The number of Topliss-reactive ketones (excluding diaryl/α,β-unsaturated/α-hetero) is 2. The number of carboxylic acids is 2. The quantitative estimate of drug-likeness (QED) is 0.112. The fraction of sp³-hybridized carbons (Fsp3) is 0.786. The number of ether oxygens (including phenoxy) is 3. The van der Waals surface area contributed by atoms with Crippen LogP contribution in [0.1, 0.15) is 78.1 Å². The summed E-state index contributed by atoms with van der Waals surface area (Å²) >= 11 is 3.16. The molecule has 41 heavy (non-hydrogen) atoms. The molecular weight excluding hydrogens is 576 g/mol. The molecule has 0 aromatic heterocycles. The third-order valence-electron chi connectivity index (χ3n) is 6.56. The summed E-state index contributed by atoms with van der Waals surface area (Å²) < 4.78 is 15.4. The highest BCUT2D eigenvalue weighted by Gasteiger charge is 2.34. The average molecular weight is 621 g/mol. The van der Waals surface area contributed by atoms with Crippen molar-refractivity contribution in [3.8, 4) is 0 Å². The minimum absolute atomic E-state index is 0.0352. The number of thioether (sulfide) groups is 2. The summed E-state index contributed by atoms with van der Waals surface area (Å²) in [4.78, 5) is 69.4. The summed E-state index contributed by atoms with van der Waals surface area (Å²) in [5, 5.41) is 19.3. The lowest BCUT2D eigenvalue weighted by atomic mass is 9.99. The number of carboxylic acid groups (broad SMARTS) is 2. The van der Waals surface area contributed by atoms with Gasteiger partial charge in [-0.05, 0) is 39.0 Å². The first-order valence-electron chi connectivity index (χ1n) is 14.1. The first kappa shape index (κ1) is 36.9. The Morgan fingerprint density at radius 3 is 1.80 bits per heavy atom. The molecule has 0 spiro atoms. The lowest BCUT2D eigenvalue weighted by molar-refractivity contribution is -0.146. The summed E-state index contributed by atoms with van der Waals surface area (Å²) in [6.45, 7) is 4.14. The molecule has 1 fully saturated rings. The van der Waals surface area contributed by atoms with Crippen molar-refractivity contribution in [2.75, 3.05) is 37.9 Å². The monoisotopic (exact) mass is 620 g/mol. The van der Waals surface area contributed by atoms with E-state index in [2.05, 4.69) is 0 Å². The molecule has 1 saturated carbocycles. The van der Waals surface area contributed by atoms with Gasteiger partial charge in [-0.1, -0.05) is 6.92 Å². The Hall–Kier alpha value is -2.12. The number of carbonyl (C=O) groups excluding carboxylic acids is 4. The van der Waals surface area contributed by atoms with E-state index in [4.69, 9.17) is 14.2 Å². The Bertz CT molecular complexity index is 864. The Labute approximate surface area is 250 Å². The first-order chi connectivity index (χ1) is 19.5. The van der Waals surface area contributed by atoms with E-state index < -0.39 is 29.8 Å². The highest BCUT2D eigenvalue weighted by atomic mass is 32.2. The van der Waals surface area contributed by atoms with Gasteiger partial charge in [-0.25, -0.2) is 0 Å². The zero-order valence-corrected chi connectivity index (χ0v) is 25.6. The van der Waals surface area contributed by atoms with Gasteiger partial charge in [0.1, 0.15) is 18.2 Å². The van der Waals surface area contributed by atoms with Gasteiger partial charge in [-0.3, -0.25) is 24.0 Å². The highest BCUT2D eigenvalue weighted by molar-refractivity contribution is 8.04. The van der Waals surface area contributed by atoms with E-state index in [0.29, 0.717) is 42.6 Å². The molecule has 0 heterocycles. The summed E-state index contributed by atoms with van der Waals surface area (Å²) in [5.41, 5.74) is 0. The van der Waals surface area contributed by atoms with Gasteiger partial charge in [0.05, 0.1) is 37.9 Å². The Morgan fingerprint density at radius 2 is 1.27 bits per heavy atom. The molecule has 1 aliphatic rings. The fourth-order valence-electron chi connectivity index (χ4n) is 3.73. The van der Waals surface area contributed by atoms with Crippen LogP contribution in [0.5, 0.6) is 0 Å². The van der Waals surface area contributed by atoms with Crippen molar-refractivity contribution < 1.29 is 53.2 Å². The van der Waals surface area contributed by atoms with Gasteiger partial charge < -0.3 is 29.2 Å². The van der Waals surface area contributed by atoms with E-state index in [9.17, 15) is 39.0 Å². The van der Waals surface area contributed by atoms with E-state index in [1.807, 2.05) is 6.92 Å². The second-order valence-electron chi connectivity index (χ2n) is 10.0. The summed E-state index contributed by atoms with van der Waals surface area (Å²) in [5.74, 6) is -3.54. The van der Waals surface area contributed by atoms with Crippen LogP contribution in [0.4, 0.5) is 0 Å². The van der Waals surface area contributed by atoms with E-state index in [-0.39, 0.29) is 74.7 Å². The zero-order chi connectivity index (χ0) is 30.6. The van der Waals surface area contributed by atoms with Crippen LogP contribution in [-0.4, -0.2) is 94.1 Å². The van der Waals surface area contributed by atoms with Crippen molar-refractivity contribution in [3.05, 3.63) is 0 Å². The summed E-state index contributed by atoms with van der Waals surface area (Å²) in [7, 11) is 0. The highest BCUT2D eigenvalue weighted by Crippen LogP contribution is 2.41. The van der Waals surface area contributed by atoms with Crippen molar-refractivity contribution in [2.24, 2.45) is 11.8 Å². The number of unbranched alkanes of at least 4 members (excludes halogenated alkanes) is 1. The van der Waals surface area contributed by atoms with E-state index in [1.54, 1.807) is 11.8 Å².